The molecule has 1 aliphatic rings. The van der Waals surface area contributed by atoms with Crippen LogP contribution in [0.5, 0.6) is 0 Å². The molecule has 2 nitrogen and oxygen atoms in total. The number of hydrogen-bond acceptors (Lipinski definition) is 2. The molecule has 0 bridgehead atoms. The zero-order valence-corrected chi connectivity index (χ0v) is 6.28. The first-order valence-corrected chi connectivity index (χ1v) is 3.53. The standard InChI is InChI=1S/C7H16N2/c1-6(8)4-3-5-7(6,2)9/h3-5,8-9H2,1-2H3/t6-,7+. The zero-order valence-electron chi connectivity index (χ0n) is 6.28. The Hall–Kier alpha value is -0.0800. The van der Waals surface area contributed by atoms with Gasteiger partial charge in [0.25, 0.3) is 0 Å². The van der Waals surface area contributed by atoms with Crippen molar-refractivity contribution >= 4 is 0 Å². The molecular weight excluding hydrogens is 112 g/mol. The summed E-state index contributed by atoms with van der Waals surface area (Å²) in [6, 6.07) is 0. The average molecular weight is 128 g/mol. The summed E-state index contributed by atoms with van der Waals surface area (Å²) in [6.45, 7) is 4.08. The van der Waals surface area contributed by atoms with Gasteiger partial charge in [0.15, 0.2) is 0 Å². The van der Waals surface area contributed by atoms with Crippen molar-refractivity contribution in [3.8, 4) is 0 Å². The van der Waals surface area contributed by atoms with E-state index in [0.717, 1.165) is 12.8 Å². The molecule has 0 aromatic rings. The highest BCUT2D eigenvalue weighted by Crippen LogP contribution is 2.34. The molecule has 1 fully saturated rings. The third kappa shape index (κ3) is 0.970. The maximum absolute atomic E-state index is 5.93. The lowest BCUT2D eigenvalue weighted by Crippen LogP contribution is -2.58. The summed E-state index contributed by atoms with van der Waals surface area (Å²) in [7, 11) is 0. The van der Waals surface area contributed by atoms with Crippen LogP contribution in [0.1, 0.15) is 33.1 Å². The summed E-state index contributed by atoms with van der Waals surface area (Å²) >= 11 is 0. The van der Waals surface area contributed by atoms with E-state index in [1.54, 1.807) is 0 Å². The summed E-state index contributed by atoms with van der Waals surface area (Å²) in [6.07, 6.45) is 3.32. The Bertz CT molecular complexity index is 102. The molecular formula is C7H16N2. The molecule has 0 radical (unpaired) electrons. The molecule has 0 heterocycles. The molecule has 0 saturated heterocycles. The molecule has 0 aromatic carbocycles. The minimum absolute atomic E-state index is 0.132. The van der Waals surface area contributed by atoms with E-state index in [1.807, 2.05) is 13.8 Å². The van der Waals surface area contributed by atoms with Gasteiger partial charge in [-0.1, -0.05) is 0 Å². The Morgan fingerprint density at radius 3 is 1.44 bits per heavy atom. The largest absolute Gasteiger partial charge is 0.324 e. The van der Waals surface area contributed by atoms with Crippen LogP contribution in [0.2, 0.25) is 0 Å². The maximum atomic E-state index is 5.93. The van der Waals surface area contributed by atoms with Crippen LogP contribution in [0.15, 0.2) is 0 Å². The van der Waals surface area contributed by atoms with E-state index in [1.165, 1.54) is 6.42 Å². The Labute approximate surface area is 56.6 Å². The van der Waals surface area contributed by atoms with E-state index in [0.29, 0.717) is 0 Å². The average Bonchev–Trinajstić information content (AvgIpc) is 1.81. The van der Waals surface area contributed by atoms with Crippen LogP contribution in [0, 0.1) is 0 Å². The molecule has 0 amide bonds. The van der Waals surface area contributed by atoms with E-state index in [9.17, 15) is 0 Å². The van der Waals surface area contributed by atoms with Gasteiger partial charge in [-0.25, -0.2) is 0 Å². The summed E-state index contributed by atoms with van der Waals surface area (Å²) in [5, 5.41) is 0. The molecule has 0 aliphatic heterocycles. The first-order valence-electron chi connectivity index (χ1n) is 3.53. The lowest BCUT2D eigenvalue weighted by atomic mass is 9.85. The lowest BCUT2D eigenvalue weighted by Gasteiger charge is -2.34. The van der Waals surface area contributed by atoms with Crippen molar-refractivity contribution in [2.24, 2.45) is 11.5 Å². The highest BCUT2D eigenvalue weighted by molar-refractivity contribution is 5.05. The second-order valence-electron chi connectivity index (χ2n) is 3.69. The Morgan fingerprint density at radius 2 is 1.33 bits per heavy atom. The van der Waals surface area contributed by atoms with Crippen LogP contribution in [-0.4, -0.2) is 11.1 Å². The SMILES string of the molecule is C[C@]1(N)CCC[C@@]1(C)N. The second kappa shape index (κ2) is 1.70. The fourth-order valence-corrected chi connectivity index (χ4v) is 1.39. The molecule has 0 unspecified atom stereocenters. The smallest absolute Gasteiger partial charge is 0.0305 e. The molecule has 9 heavy (non-hydrogen) atoms. The van der Waals surface area contributed by atoms with Crippen LogP contribution >= 0.6 is 0 Å². The Kier molecular flexibility index (Phi) is 1.33. The summed E-state index contributed by atoms with van der Waals surface area (Å²) in [4.78, 5) is 0. The van der Waals surface area contributed by atoms with Crippen molar-refractivity contribution in [2.75, 3.05) is 0 Å². The van der Waals surface area contributed by atoms with Gasteiger partial charge in [-0.2, -0.15) is 0 Å². The number of hydrogen-bond donors (Lipinski definition) is 2. The first kappa shape index (κ1) is 7.03. The van der Waals surface area contributed by atoms with Gasteiger partial charge in [-0.15, -0.1) is 0 Å². The van der Waals surface area contributed by atoms with E-state index in [2.05, 4.69) is 0 Å². The molecule has 2 atom stereocenters. The molecule has 54 valence electrons. The predicted molar refractivity (Wildman–Crippen MR) is 39.0 cm³/mol. The van der Waals surface area contributed by atoms with Gasteiger partial charge in [-0.3, -0.25) is 0 Å². The number of rotatable bonds is 0. The minimum atomic E-state index is -0.132. The van der Waals surface area contributed by atoms with Crippen LogP contribution in [0.25, 0.3) is 0 Å². The van der Waals surface area contributed by atoms with Gasteiger partial charge < -0.3 is 11.5 Å². The van der Waals surface area contributed by atoms with Crippen molar-refractivity contribution in [3.05, 3.63) is 0 Å². The van der Waals surface area contributed by atoms with Crippen molar-refractivity contribution in [1.29, 1.82) is 0 Å². The summed E-state index contributed by atoms with van der Waals surface area (Å²) in [5.74, 6) is 0. The van der Waals surface area contributed by atoms with E-state index in [-0.39, 0.29) is 11.1 Å². The third-order valence-corrected chi connectivity index (χ3v) is 2.70. The van der Waals surface area contributed by atoms with Crippen molar-refractivity contribution in [2.45, 2.75) is 44.2 Å². The van der Waals surface area contributed by atoms with Crippen molar-refractivity contribution in [3.63, 3.8) is 0 Å². The highest BCUT2D eigenvalue weighted by Gasteiger charge is 2.42. The van der Waals surface area contributed by atoms with Gasteiger partial charge in [0.1, 0.15) is 0 Å². The van der Waals surface area contributed by atoms with Gasteiger partial charge in [-0.05, 0) is 33.1 Å². The fraction of sp³-hybridized carbons (Fsp3) is 1.00. The molecule has 1 saturated carbocycles. The molecule has 1 rings (SSSR count). The van der Waals surface area contributed by atoms with Gasteiger partial charge in [0.05, 0.1) is 0 Å². The van der Waals surface area contributed by atoms with Gasteiger partial charge in [0, 0.05) is 11.1 Å². The molecule has 0 aromatic heterocycles. The van der Waals surface area contributed by atoms with Crippen LogP contribution in [-0.2, 0) is 0 Å². The number of nitrogens with two attached hydrogens (primary N) is 2. The van der Waals surface area contributed by atoms with E-state index >= 15 is 0 Å². The lowest BCUT2D eigenvalue weighted by molar-refractivity contribution is 0.309. The molecule has 1 aliphatic carbocycles. The summed E-state index contributed by atoms with van der Waals surface area (Å²) < 4.78 is 0. The maximum Gasteiger partial charge on any atom is 0.0305 e. The topological polar surface area (TPSA) is 52.0 Å². The molecule has 2 heteroatoms. The zero-order chi connectivity index (χ0) is 7.12. The van der Waals surface area contributed by atoms with Crippen molar-refractivity contribution < 1.29 is 0 Å². The fourth-order valence-electron chi connectivity index (χ4n) is 1.39. The predicted octanol–water partition coefficient (Wildman–Crippen LogP) is 0.605. The summed E-state index contributed by atoms with van der Waals surface area (Å²) in [5.41, 5.74) is 11.6. The van der Waals surface area contributed by atoms with Crippen LogP contribution < -0.4 is 11.5 Å². The Morgan fingerprint density at radius 1 is 1.00 bits per heavy atom. The van der Waals surface area contributed by atoms with Gasteiger partial charge in [0.2, 0.25) is 0 Å². The third-order valence-electron chi connectivity index (χ3n) is 2.70. The van der Waals surface area contributed by atoms with Crippen LogP contribution in [0.4, 0.5) is 0 Å². The van der Waals surface area contributed by atoms with E-state index < -0.39 is 0 Å². The second-order valence-corrected chi connectivity index (χ2v) is 3.69. The highest BCUT2D eigenvalue weighted by atomic mass is 14.9. The first-order chi connectivity index (χ1) is 3.96. The quantitative estimate of drug-likeness (QED) is 0.502. The van der Waals surface area contributed by atoms with Crippen molar-refractivity contribution in [1.82, 2.24) is 0 Å². The van der Waals surface area contributed by atoms with E-state index in [4.69, 9.17) is 11.5 Å². The monoisotopic (exact) mass is 128 g/mol. The van der Waals surface area contributed by atoms with Crippen LogP contribution in [0.3, 0.4) is 0 Å². The Balaban J connectivity index is 2.75. The normalized spacial score (nSPS) is 52.0. The van der Waals surface area contributed by atoms with Gasteiger partial charge >= 0.3 is 0 Å². The molecule has 0 spiro atoms. The molecule has 4 N–H and O–H groups in total. The minimum Gasteiger partial charge on any atom is -0.324 e.